The average Bonchev–Trinajstić information content (AvgIpc) is 2.97. The number of rotatable bonds is 8. The van der Waals surface area contributed by atoms with Crippen molar-refractivity contribution in [3.05, 3.63) is 48.5 Å². The number of likely N-dealkylation sites (N-methyl/N-ethyl adjacent to an activating group) is 1. The Kier molecular flexibility index (Phi) is 7.35. The number of anilines is 2. The summed E-state index contributed by atoms with van der Waals surface area (Å²) in [5.74, 6) is 0.660. The van der Waals surface area contributed by atoms with E-state index in [4.69, 9.17) is 0 Å². The largest absolute Gasteiger partial charge is 0.354 e. The lowest BCUT2D eigenvalue weighted by molar-refractivity contribution is 0.480. The molecular formula is C18H24ClN5O4S2. The topological polar surface area (TPSA) is 113 Å². The molecule has 0 saturated heterocycles. The fourth-order valence-electron chi connectivity index (χ4n) is 2.84. The maximum Gasteiger partial charge on any atom is 0.242 e. The summed E-state index contributed by atoms with van der Waals surface area (Å²) in [5, 5.41) is 3.16. The Hall–Kier alpha value is -2.34. The minimum absolute atomic E-state index is 0. The first-order valence-corrected chi connectivity index (χ1v) is 12.1. The number of benzene rings is 2. The monoisotopic (exact) mass is 473 g/mol. The van der Waals surface area contributed by atoms with Gasteiger partial charge < -0.3 is 9.88 Å². The second-order valence-electron chi connectivity index (χ2n) is 6.64. The van der Waals surface area contributed by atoms with Crippen molar-refractivity contribution in [3.63, 3.8) is 0 Å². The van der Waals surface area contributed by atoms with E-state index in [1.54, 1.807) is 0 Å². The highest BCUT2D eigenvalue weighted by Gasteiger charge is 2.20. The molecule has 2 aromatic carbocycles. The smallest absolute Gasteiger partial charge is 0.242 e. The van der Waals surface area contributed by atoms with E-state index >= 15 is 0 Å². The van der Waals surface area contributed by atoms with Gasteiger partial charge in [-0.2, -0.15) is 4.31 Å². The quantitative estimate of drug-likeness (QED) is 0.518. The predicted octanol–water partition coefficient (Wildman–Crippen LogP) is 2.10. The highest BCUT2D eigenvalue weighted by Crippen LogP contribution is 2.19. The predicted molar refractivity (Wildman–Crippen MR) is 121 cm³/mol. The molecule has 0 spiro atoms. The highest BCUT2D eigenvalue weighted by atomic mass is 35.5. The van der Waals surface area contributed by atoms with Crippen molar-refractivity contribution in [3.8, 4) is 0 Å². The summed E-state index contributed by atoms with van der Waals surface area (Å²) in [6, 6.07) is 13.3. The Morgan fingerprint density at radius 1 is 1.03 bits per heavy atom. The number of nitrogens with zero attached hydrogens (tertiary/aromatic N) is 3. The van der Waals surface area contributed by atoms with Crippen molar-refractivity contribution in [1.29, 1.82) is 0 Å². The minimum Gasteiger partial charge on any atom is -0.354 e. The summed E-state index contributed by atoms with van der Waals surface area (Å²) in [4.78, 5) is 4.58. The first kappa shape index (κ1) is 23.9. The zero-order valence-electron chi connectivity index (χ0n) is 16.7. The highest BCUT2D eigenvalue weighted by molar-refractivity contribution is 7.92. The number of para-hydroxylation sites is 2. The Morgan fingerprint density at radius 3 is 2.27 bits per heavy atom. The van der Waals surface area contributed by atoms with Crippen LogP contribution in [0.3, 0.4) is 0 Å². The van der Waals surface area contributed by atoms with Gasteiger partial charge in [-0.15, -0.1) is 12.4 Å². The van der Waals surface area contributed by atoms with Crippen molar-refractivity contribution in [1.82, 2.24) is 13.9 Å². The molecule has 3 rings (SSSR count). The van der Waals surface area contributed by atoms with E-state index in [-0.39, 0.29) is 23.8 Å². The molecule has 12 heteroatoms. The van der Waals surface area contributed by atoms with Crippen LogP contribution in [-0.4, -0.2) is 57.1 Å². The van der Waals surface area contributed by atoms with Gasteiger partial charge in [0.15, 0.2) is 0 Å². The summed E-state index contributed by atoms with van der Waals surface area (Å²) in [7, 11) is -3.73. The van der Waals surface area contributed by atoms with Gasteiger partial charge >= 0.3 is 0 Å². The summed E-state index contributed by atoms with van der Waals surface area (Å²) in [6.07, 6.45) is 1.03. The number of imidazole rings is 1. The normalized spacial score (nSPS) is 12.0. The third-order valence-corrected chi connectivity index (χ3v) is 6.84. The number of halogens is 1. The molecule has 0 aliphatic rings. The van der Waals surface area contributed by atoms with Gasteiger partial charge in [0.05, 0.1) is 22.2 Å². The van der Waals surface area contributed by atoms with Crippen LogP contribution in [0.5, 0.6) is 0 Å². The molecule has 0 radical (unpaired) electrons. The molecule has 164 valence electrons. The van der Waals surface area contributed by atoms with E-state index in [0.29, 0.717) is 18.2 Å². The van der Waals surface area contributed by atoms with Gasteiger partial charge in [-0.05, 0) is 36.4 Å². The number of fused-ring (bicyclic) bond motifs is 1. The van der Waals surface area contributed by atoms with Gasteiger partial charge in [0.2, 0.25) is 26.0 Å². The molecule has 30 heavy (non-hydrogen) atoms. The Balaban J connectivity index is 0.00000320. The fourth-order valence-corrected chi connectivity index (χ4v) is 4.57. The fraction of sp³-hybridized carbons (Fsp3) is 0.278. The molecule has 0 bridgehead atoms. The molecule has 0 fully saturated rings. The van der Waals surface area contributed by atoms with Gasteiger partial charge in [-0.25, -0.2) is 21.8 Å². The second-order valence-corrected chi connectivity index (χ2v) is 10.4. The molecule has 0 aliphatic carbocycles. The lowest BCUT2D eigenvalue weighted by Crippen LogP contribution is -2.31. The van der Waals surface area contributed by atoms with E-state index in [1.165, 1.54) is 35.6 Å². The maximum atomic E-state index is 12.7. The van der Waals surface area contributed by atoms with E-state index in [1.807, 2.05) is 35.9 Å². The maximum absolute atomic E-state index is 12.7. The van der Waals surface area contributed by atoms with Gasteiger partial charge in [0.1, 0.15) is 0 Å². The molecule has 9 nitrogen and oxygen atoms in total. The van der Waals surface area contributed by atoms with E-state index in [0.717, 1.165) is 17.3 Å². The van der Waals surface area contributed by atoms with Gasteiger partial charge in [0.25, 0.3) is 0 Å². The number of aryl methyl sites for hydroxylation is 1. The molecule has 0 atom stereocenters. The molecule has 0 aliphatic heterocycles. The number of sulfonamides is 2. The molecule has 3 aromatic rings. The third-order valence-electron chi connectivity index (χ3n) is 4.36. The molecule has 2 N–H and O–H groups in total. The van der Waals surface area contributed by atoms with E-state index in [9.17, 15) is 16.8 Å². The molecule has 1 aromatic heterocycles. The molecule has 1 heterocycles. The minimum atomic E-state index is -3.70. The van der Waals surface area contributed by atoms with Crippen LogP contribution < -0.4 is 10.0 Å². The Labute approximate surface area is 182 Å². The van der Waals surface area contributed by atoms with Crippen LogP contribution in [0.15, 0.2) is 53.4 Å². The number of hydrogen-bond acceptors (Lipinski definition) is 6. The van der Waals surface area contributed by atoms with Crippen molar-refractivity contribution in [2.45, 2.75) is 4.90 Å². The summed E-state index contributed by atoms with van der Waals surface area (Å²) < 4.78 is 53.4. The standard InChI is InChI=1S/C18H23N5O4S2.ClH/c1-22(13-12-19-18-20-16-6-4-5-7-17(16)23(18)2)29(26,27)15-10-8-14(9-11-15)21-28(3,24)25;/h4-11,21H,12-13H2,1-3H3,(H,19,20);1H. The molecular weight excluding hydrogens is 450 g/mol. The Bertz CT molecular complexity index is 1230. The number of nitrogens with one attached hydrogen (secondary N) is 2. The first-order valence-electron chi connectivity index (χ1n) is 8.77. The van der Waals surface area contributed by atoms with Crippen molar-refractivity contribution in [2.75, 3.05) is 36.4 Å². The second kappa shape index (κ2) is 9.21. The first-order chi connectivity index (χ1) is 13.6. The van der Waals surface area contributed by atoms with Gasteiger partial charge in [-0.1, -0.05) is 12.1 Å². The van der Waals surface area contributed by atoms with Crippen molar-refractivity contribution in [2.24, 2.45) is 7.05 Å². The molecule has 0 saturated carbocycles. The van der Waals surface area contributed by atoms with Gasteiger partial charge in [0, 0.05) is 32.9 Å². The number of aromatic nitrogens is 2. The lowest BCUT2D eigenvalue weighted by atomic mass is 10.3. The molecule has 0 amide bonds. The van der Waals surface area contributed by atoms with Crippen LogP contribution in [0, 0.1) is 0 Å². The third kappa shape index (κ3) is 5.42. The van der Waals surface area contributed by atoms with Crippen LogP contribution >= 0.6 is 12.4 Å². The zero-order valence-corrected chi connectivity index (χ0v) is 19.2. The Morgan fingerprint density at radius 2 is 1.67 bits per heavy atom. The lowest BCUT2D eigenvalue weighted by Gasteiger charge is -2.18. The van der Waals surface area contributed by atoms with Crippen LogP contribution in [0.25, 0.3) is 11.0 Å². The van der Waals surface area contributed by atoms with Crippen LogP contribution in [0.1, 0.15) is 0 Å². The van der Waals surface area contributed by atoms with Crippen molar-refractivity contribution < 1.29 is 16.8 Å². The zero-order chi connectivity index (χ0) is 21.2. The average molecular weight is 474 g/mol. The van der Waals surface area contributed by atoms with Crippen LogP contribution in [0.4, 0.5) is 11.6 Å². The van der Waals surface area contributed by atoms with Crippen LogP contribution in [0.2, 0.25) is 0 Å². The van der Waals surface area contributed by atoms with Gasteiger partial charge in [-0.3, -0.25) is 4.72 Å². The molecule has 0 unspecified atom stereocenters. The summed E-state index contributed by atoms with van der Waals surface area (Å²) >= 11 is 0. The SMILES string of the molecule is CN(CCNc1nc2ccccc2n1C)S(=O)(=O)c1ccc(NS(C)(=O)=O)cc1.Cl. The number of hydrogen-bond donors (Lipinski definition) is 2. The van der Waals surface area contributed by atoms with Crippen LogP contribution in [-0.2, 0) is 27.1 Å². The van der Waals surface area contributed by atoms with E-state index < -0.39 is 20.0 Å². The van der Waals surface area contributed by atoms with E-state index in [2.05, 4.69) is 15.0 Å². The van der Waals surface area contributed by atoms with Crippen molar-refractivity contribution >= 4 is 55.1 Å². The summed E-state index contributed by atoms with van der Waals surface area (Å²) in [5.41, 5.74) is 2.15. The summed E-state index contributed by atoms with van der Waals surface area (Å²) in [6.45, 7) is 0.607.